The number of aryl methyl sites for hydroxylation is 1. The van der Waals surface area contributed by atoms with Crippen molar-refractivity contribution < 1.29 is 14.6 Å². The number of rotatable bonds is 4. The van der Waals surface area contributed by atoms with Crippen molar-refractivity contribution in [3.8, 4) is 17.0 Å². The third-order valence-corrected chi connectivity index (χ3v) is 3.18. The number of nitrogens with zero attached hydrogens (tertiary/aromatic N) is 1. The average Bonchev–Trinajstić information content (AvgIpc) is 2.80. The van der Waals surface area contributed by atoms with Crippen LogP contribution in [-0.2, 0) is 0 Å². The first kappa shape index (κ1) is 14.1. The molecule has 0 aliphatic carbocycles. The molecule has 0 amide bonds. The van der Waals surface area contributed by atoms with Gasteiger partial charge in [0, 0.05) is 5.56 Å². The number of aromatic nitrogens is 2. The molecular weight excluding hydrogens is 256 g/mol. The van der Waals surface area contributed by atoms with Crippen molar-refractivity contribution in [1.29, 1.82) is 0 Å². The lowest BCUT2D eigenvalue weighted by molar-refractivity contribution is 0.0692. The second-order valence-electron chi connectivity index (χ2n) is 4.97. The molecule has 0 radical (unpaired) electrons. The van der Waals surface area contributed by atoms with Crippen molar-refractivity contribution in [3.05, 3.63) is 35.3 Å². The molecular formula is C15H18N2O3. The predicted molar refractivity (Wildman–Crippen MR) is 76.4 cm³/mol. The first-order valence-corrected chi connectivity index (χ1v) is 6.42. The number of methoxy groups -OCH3 is 1. The summed E-state index contributed by atoms with van der Waals surface area (Å²) in [5.41, 5.74) is 2.30. The largest absolute Gasteiger partial charge is 0.496 e. The molecule has 1 aromatic heterocycles. The molecule has 0 aliphatic rings. The van der Waals surface area contributed by atoms with Gasteiger partial charge in [0.05, 0.1) is 7.11 Å². The number of hydrogen-bond acceptors (Lipinski definition) is 3. The van der Waals surface area contributed by atoms with Gasteiger partial charge < -0.3 is 14.8 Å². The fraction of sp³-hybridized carbons (Fsp3) is 0.333. The molecule has 2 rings (SSSR count). The minimum absolute atomic E-state index is 0.0816. The minimum atomic E-state index is -1.03. The molecule has 0 saturated carbocycles. The van der Waals surface area contributed by atoms with E-state index in [9.17, 15) is 9.90 Å². The maximum absolute atomic E-state index is 11.3. The van der Waals surface area contributed by atoms with Crippen LogP contribution in [0.4, 0.5) is 0 Å². The second kappa shape index (κ2) is 5.36. The van der Waals surface area contributed by atoms with Gasteiger partial charge in [-0.2, -0.15) is 0 Å². The van der Waals surface area contributed by atoms with Gasteiger partial charge in [0.15, 0.2) is 5.69 Å². The Hall–Kier alpha value is -2.30. The van der Waals surface area contributed by atoms with Crippen LogP contribution in [0.5, 0.6) is 5.75 Å². The van der Waals surface area contributed by atoms with Gasteiger partial charge in [-0.3, -0.25) is 0 Å². The Balaban J connectivity index is 2.60. The van der Waals surface area contributed by atoms with Gasteiger partial charge in [-0.1, -0.05) is 19.9 Å². The number of carbonyl (C=O) groups is 1. The lowest BCUT2D eigenvalue weighted by Crippen LogP contribution is -2.01. The van der Waals surface area contributed by atoms with Gasteiger partial charge in [0.25, 0.3) is 0 Å². The number of nitrogens with one attached hydrogen (secondary N) is 1. The van der Waals surface area contributed by atoms with Crippen molar-refractivity contribution in [2.45, 2.75) is 26.7 Å². The van der Waals surface area contributed by atoms with Gasteiger partial charge in [-0.05, 0) is 30.5 Å². The number of hydrogen-bond donors (Lipinski definition) is 2. The number of ether oxygens (including phenoxy) is 1. The zero-order valence-corrected chi connectivity index (χ0v) is 12.0. The van der Waals surface area contributed by atoms with Crippen LogP contribution in [0.15, 0.2) is 18.2 Å². The molecule has 1 heterocycles. The van der Waals surface area contributed by atoms with Gasteiger partial charge in [0.1, 0.15) is 17.3 Å². The lowest BCUT2D eigenvalue weighted by atomic mass is 9.99. The zero-order chi connectivity index (χ0) is 14.9. The van der Waals surface area contributed by atoms with E-state index in [1.165, 1.54) is 0 Å². The van der Waals surface area contributed by atoms with Crippen LogP contribution in [0.25, 0.3) is 11.3 Å². The van der Waals surface area contributed by atoms with Crippen molar-refractivity contribution in [2.24, 2.45) is 0 Å². The Bertz CT molecular complexity index is 645. The van der Waals surface area contributed by atoms with Crippen molar-refractivity contribution in [3.63, 3.8) is 0 Å². The highest BCUT2D eigenvalue weighted by molar-refractivity contribution is 5.94. The van der Waals surface area contributed by atoms with E-state index in [0.717, 1.165) is 5.56 Å². The summed E-state index contributed by atoms with van der Waals surface area (Å²) >= 11 is 0. The van der Waals surface area contributed by atoms with Gasteiger partial charge in [-0.15, -0.1) is 0 Å². The fourth-order valence-electron chi connectivity index (χ4n) is 2.10. The fourth-order valence-corrected chi connectivity index (χ4v) is 2.10. The summed E-state index contributed by atoms with van der Waals surface area (Å²) in [7, 11) is 1.57. The topological polar surface area (TPSA) is 75.2 Å². The van der Waals surface area contributed by atoms with Crippen molar-refractivity contribution in [1.82, 2.24) is 9.97 Å². The summed E-state index contributed by atoms with van der Waals surface area (Å²) in [6.45, 7) is 5.91. The van der Waals surface area contributed by atoms with Crippen LogP contribution < -0.4 is 4.74 Å². The summed E-state index contributed by atoms with van der Waals surface area (Å²) < 4.78 is 5.39. The maximum Gasteiger partial charge on any atom is 0.354 e. The number of benzene rings is 1. The molecule has 0 atom stereocenters. The van der Waals surface area contributed by atoms with E-state index in [-0.39, 0.29) is 5.69 Å². The number of aromatic amines is 1. The van der Waals surface area contributed by atoms with Gasteiger partial charge in [0.2, 0.25) is 0 Å². The summed E-state index contributed by atoms with van der Waals surface area (Å²) in [4.78, 5) is 18.3. The molecule has 0 unspecified atom stereocenters. The number of carboxylic acid groups (broad SMARTS) is 1. The Labute approximate surface area is 117 Å². The number of aromatic carboxylic acids is 1. The van der Waals surface area contributed by atoms with E-state index in [0.29, 0.717) is 28.7 Å². The summed E-state index contributed by atoms with van der Waals surface area (Å²) in [6.07, 6.45) is 0. The maximum atomic E-state index is 11.3. The highest BCUT2D eigenvalue weighted by Gasteiger charge is 2.20. The summed E-state index contributed by atoms with van der Waals surface area (Å²) in [6, 6.07) is 5.75. The van der Waals surface area contributed by atoms with Gasteiger partial charge >= 0.3 is 5.97 Å². The molecule has 0 saturated heterocycles. The molecule has 1 aromatic carbocycles. The van der Waals surface area contributed by atoms with Crippen molar-refractivity contribution in [2.75, 3.05) is 7.11 Å². The average molecular weight is 274 g/mol. The number of H-pyrrole nitrogens is 1. The van der Waals surface area contributed by atoms with Gasteiger partial charge in [-0.25, -0.2) is 9.78 Å². The first-order chi connectivity index (χ1) is 9.43. The third-order valence-electron chi connectivity index (χ3n) is 3.18. The molecule has 0 aliphatic heterocycles. The Kier molecular flexibility index (Phi) is 3.79. The Morgan fingerprint density at radius 1 is 1.40 bits per heavy atom. The molecule has 0 fully saturated rings. The smallest absolute Gasteiger partial charge is 0.354 e. The van der Waals surface area contributed by atoms with Crippen LogP contribution in [0, 0.1) is 6.92 Å². The molecule has 0 bridgehead atoms. The standard InChI is InChI=1S/C15H18N2O3/c1-8(2)10-5-6-11(12(7-10)20-4)13-14(15(18)19)17-9(3)16-13/h5-8H,1-4H3,(H,16,17)(H,18,19). The Morgan fingerprint density at radius 2 is 2.10 bits per heavy atom. The minimum Gasteiger partial charge on any atom is -0.496 e. The highest BCUT2D eigenvalue weighted by atomic mass is 16.5. The molecule has 5 heteroatoms. The van der Waals surface area contributed by atoms with Crippen LogP contribution in [0.3, 0.4) is 0 Å². The summed E-state index contributed by atoms with van der Waals surface area (Å²) in [5.74, 6) is 0.533. The molecule has 20 heavy (non-hydrogen) atoms. The lowest BCUT2D eigenvalue weighted by Gasteiger charge is -2.11. The van der Waals surface area contributed by atoms with E-state index in [1.54, 1.807) is 14.0 Å². The van der Waals surface area contributed by atoms with Crippen LogP contribution >= 0.6 is 0 Å². The molecule has 2 aromatic rings. The molecule has 5 nitrogen and oxygen atoms in total. The van der Waals surface area contributed by atoms with Crippen LogP contribution in [-0.4, -0.2) is 28.2 Å². The first-order valence-electron chi connectivity index (χ1n) is 6.42. The van der Waals surface area contributed by atoms with E-state index in [2.05, 4.69) is 23.8 Å². The monoisotopic (exact) mass is 274 g/mol. The quantitative estimate of drug-likeness (QED) is 0.897. The third kappa shape index (κ3) is 2.52. The van der Waals surface area contributed by atoms with Crippen LogP contribution in [0.1, 0.15) is 41.6 Å². The normalized spacial score (nSPS) is 10.8. The van der Waals surface area contributed by atoms with E-state index < -0.39 is 5.97 Å². The number of carboxylic acids is 1. The Morgan fingerprint density at radius 3 is 2.65 bits per heavy atom. The molecule has 2 N–H and O–H groups in total. The highest BCUT2D eigenvalue weighted by Crippen LogP contribution is 2.33. The van der Waals surface area contributed by atoms with Crippen molar-refractivity contribution >= 4 is 5.97 Å². The van der Waals surface area contributed by atoms with E-state index in [1.807, 2.05) is 18.2 Å². The summed E-state index contributed by atoms with van der Waals surface area (Å²) in [5, 5.41) is 9.23. The molecule has 0 spiro atoms. The van der Waals surface area contributed by atoms with E-state index >= 15 is 0 Å². The van der Waals surface area contributed by atoms with E-state index in [4.69, 9.17) is 4.74 Å². The predicted octanol–water partition coefficient (Wildman–Crippen LogP) is 3.22. The van der Waals surface area contributed by atoms with Crippen LogP contribution in [0.2, 0.25) is 0 Å². The second-order valence-corrected chi connectivity index (χ2v) is 4.97. The SMILES string of the molecule is COc1cc(C(C)C)ccc1-c1nc(C)[nH]c1C(=O)O. The number of imidazole rings is 1. The molecule has 106 valence electrons. The zero-order valence-electron chi connectivity index (χ0n) is 12.0.